The summed E-state index contributed by atoms with van der Waals surface area (Å²) in [5, 5.41) is 0. The second-order valence-corrected chi connectivity index (χ2v) is 5.43. The molecule has 0 aliphatic rings. The molecule has 0 aliphatic heterocycles. The van der Waals surface area contributed by atoms with E-state index in [9.17, 15) is 0 Å². The number of hydrogen-bond donors (Lipinski definition) is 0. The van der Waals surface area contributed by atoms with Crippen molar-refractivity contribution in [1.29, 1.82) is 0 Å². The van der Waals surface area contributed by atoms with Gasteiger partial charge in [0.2, 0.25) is 0 Å². The smallest absolute Gasteiger partial charge is 0.0223 e. The van der Waals surface area contributed by atoms with E-state index >= 15 is 0 Å². The monoisotopic (exact) mass is 190 g/mol. The third-order valence-corrected chi connectivity index (χ3v) is 2.31. The Kier molecular flexibility index (Phi) is 6.00. The quantitative estimate of drug-likeness (QED) is 0.444. The first-order valence-electron chi connectivity index (χ1n) is 5.01. The van der Waals surface area contributed by atoms with Crippen LogP contribution in [0.1, 0.15) is 53.4 Å². The molecule has 0 bridgehead atoms. The minimum absolute atomic E-state index is 0.486. The van der Waals surface area contributed by atoms with E-state index in [1.165, 1.54) is 25.7 Å². The first kappa shape index (κ1) is 12.3. The summed E-state index contributed by atoms with van der Waals surface area (Å²) in [6.45, 7) is 9.28. The number of rotatable bonds is 5. The van der Waals surface area contributed by atoms with Crippen molar-refractivity contribution in [1.82, 2.24) is 0 Å². The van der Waals surface area contributed by atoms with Crippen molar-refractivity contribution in [2.24, 2.45) is 11.3 Å². The second-order valence-electron chi connectivity index (χ2n) is 5.05. The van der Waals surface area contributed by atoms with Gasteiger partial charge >= 0.3 is 0 Å². The van der Waals surface area contributed by atoms with Gasteiger partial charge < -0.3 is 0 Å². The van der Waals surface area contributed by atoms with E-state index in [2.05, 4.69) is 27.7 Å². The highest BCUT2D eigenvalue weighted by molar-refractivity contribution is 6.17. The van der Waals surface area contributed by atoms with Crippen LogP contribution in [0.5, 0.6) is 0 Å². The first-order chi connectivity index (χ1) is 5.45. The van der Waals surface area contributed by atoms with Crippen LogP contribution in [0.15, 0.2) is 0 Å². The van der Waals surface area contributed by atoms with Gasteiger partial charge in [-0.2, -0.15) is 0 Å². The zero-order valence-electron chi connectivity index (χ0n) is 8.99. The summed E-state index contributed by atoms with van der Waals surface area (Å²) >= 11 is 5.62. The predicted molar refractivity (Wildman–Crippen MR) is 57.8 cm³/mol. The average molecular weight is 191 g/mol. The molecule has 0 amide bonds. The maximum Gasteiger partial charge on any atom is 0.0223 e. The molecule has 74 valence electrons. The Bertz CT molecular complexity index is 102. The van der Waals surface area contributed by atoms with Crippen molar-refractivity contribution in [2.45, 2.75) is 53.4 Å². The molecule has 0 aromatic heterocycles. The number of unbranched alkanes of at least 4 members (excludes halogenated alkanes) is 1. The van der Waals surface area contributed by atoms with Crippen LogP contribution < -0.4 is 0 Å². The van der Waals surface area contributed by atoms with Gasteiger partial charge in [0.15, 0.2) is 0 Å². The fourth-order valence-corrected chi connectivity index (χ4v) is 1.92. The molecule has 0 aromatic rings. The molecule has 1 heteroatoms. The van der Waals surface area contributed by atoms with Gasteiger partial charge in [0.25, 0.3) is 0 Å². The fourth-order valence-electron chi connectivity index (χ4n) is 1.73. The Morgan fingerprint density at radius 2 is 1.75 bits per heavy atom. The molecule has 0 unspecified atom stereocenters. The van der Waals surface area contributed by atoms with Gasteiger partial charge in [0, 0.05) is 5.88 Å². The second kappa shape index (κ2) is 5.85. The molecular weight excluding hydrogens is 168 g/mol. The highest BCUT2D eigenvalue weighted by atomic mass is 35.5. The summed E-state index contributed by atoms with van der Waals surface area (Å²) in [6, 6.07) is 0. The highest BCUT2D eigenvalue weighted by Gasteiger charge is 2.14. The van der Waals surface area contributed by atoms with Gasteiger partial charge in [-0.25, -0.2) is 0 Å². The van der Waals surface area contributed by atoms with E-state index in [1.807, 2.05) is 0 Å². The molecule has 0 aromatic carbocycles. The third kappa shape index (κ3) is 8.39. The van der Waals surface area contributed by atoms with Crippen molar-refractivity contribution in [3.63, 3.8) is 0 Å². The van der Waals surface area contributed by atoms with Gasteiger partial charge in [0.05, 0.1) is 0 Å². The molecule has 0 radical (unpaired) electrons. The maximum absolute atomic E-state index is 5.62. The Morgan fingerprint density at radius 1 is 1.17 bits per heavy atom. The molecule has 0 N–H and O–H groups in total. The van der Waals surface area contributed by atoms with Crippen LogP contribution in [0.25, 0.3) is 0 Å². The summed E-state index contributed by atoms with van der Waals surface area (Å²) in [5.41, 5.74) is 0.486. The molecule has 0 nitrogen and oxygen atoms in total. The lowest BCUT2D eigenvalue weighted by Crippen LogP contribution is -2.10. The molecule has 12 heavy (non-hydrogen) atoms. The van der Waals surface area contributed by atoms with Gasteiger partial charge in [-0.05, 0) is 24.2 Å². The fraction of sp³-hybridized carbons (Fsp3) is 1.00. The summed E-state index contributed by atoms with van der Waals surface area (Å²) in [4.78, 5) is 0. The SMILES string of the molecule is C[C@@H](CCCCCl)CC(C)(C)C. The lowest BCUT2D eigenvalue weighted by atomic mass is 9.83. The molecule has 0 saturated carbocycles. The van der Waals surface area contributed by atoms with Crippen LogP contribution in [0.3, 0.4) is 0 Å². The van der Waals surface area contributed by atoms with Gasteiger partial charge in [0.1, 0.15) is 0 Å². The Balaban J connectivity index is 3.40. The summed E-state index contributed by atoms with van der Waals surface area (Å²) in [7, 11) is 0. The largest absolute Gasteiger partial charge is 0.127 e. The third-order valence-electron chi connectivity index (χ3n) is 2.04. The topological polar surface area (TPSA) is 0 Å². The summed E-state index contributed by atoms with van der Waals surface area (Å²) in [5.74, 6) is 1.68. The first-order valence-corrected chi connectivity index (χ1v) is 5.55. The molecule has 1 atom stereocenters. The lowest BCUT2D eigenvalue weighted by molar-refractivity contribution is 0.293. The number of halogens is 1. The van der Waals surface area contributed by atoms with E-state index in [1.54, 1.807) is 0 Å². The van der Waals surface area contributed by atoms with Crippen LogP contribution in [-0.4, -0.2) is 5.88 Å². The van der Waals surface area contributed by atoms with Crippen LogP contribution in [0.4, 0.5) is 0 Å². The lowest BCUT2D eigenvalue weighted by Gasteiger charge is -2.22. The van der Waals surface area contributed by atoms with E-state index in [4.69, 9.17) is 11.6 Å². The van der Waals surface area contributed by atoms with E-state index < -0.39 is 0 Å². The van der Waals surface area contributed by atoms with Crippen LogP contribution in [0, 0.1) is 11.3 Å². The molecule has 0 rings (SSSR count). The van der Waals surface area contributed by atoms with E-state index in [-0.39, 0.29) is 0 Å². The average Bonchev–Trinajstić information content (AvgIpc) is 1.84. The summed E-state index contributed by atoms with van der Waals surface area (Å²) < 4.78 is 0. The Morgan fingerprint density at radius 3 is 2.17 bits per heavy atom. The zero-order chi connectivity index (χ0) is 9.61. The van der Waals surface area contributed by atoms with Gasteiger partial charge in [-0.1, -0.05) is 40.5 Å². The Labute approximate surface area is 82.7 Å². The molecule has 0 aliphatic carbocycles. The van der Waals surface area contributed by atoms with Gasteiger partial charge in [-0.15, -0.1) is 11.6 Å². The van der Waals surface area contributed by atoms with Crippen molar-refractivity contribution in [2.75, 3.05) is 5.88 Å². The molecule has 0 fully saturated rings. The van der Waals surface area contributed by atoms with Crippen LogP contribution in [0.2, 0.25) is 0 Å². The molecule has 0 spiro atoms. The zero-order valence-corrected chi connectivity index (χ0v) is 9.75. The predicted octanol–water partition coefficient (Wildman–Crippen LogP) is 4.47. The van der Waals surface area contributed by atoms with Gasteiger partial charge in [-0.3, -0.25) is 0 Å². The molecule has 0 heterocycles. The summed E-state index contributed by atoms with van der Waals surface area (Å²) in [6.07, 6.45) is 5.13. The van der Waals surface area contributed by atoms with Crippen LogP contribution >= 0.6 is 11.6 Å². The normalized spacial score (nSPS) is 14.8. The van der Waals surface area contributed by atoms with Crippen molar-refractivity contribution < 1.29 is 0 Å². The van der Waals surface area contributed by atoms with E-state index in [0.717, 1.165) is 11.8 Å². The van der Waals surface area contributed by atoms with Crippen molar-refractivity contribution in [3.05, 3.63) is 0 Å². The highest BCUT2D eigenvalue weighted by Crippen LogP contribution is 2.26. The van der Waals surface area contributed by atoms with Crippen LogP contribution in [-0.2, 0) is 0 Å². The molecule has 0 saturated heterocycles. The van der Waals surface area contributed by atoms with Crippen molar-refractivity contribution in [3.8, 4) is 0 Å². The van der Waals surface area contributed by atoms with E-state index in [0.29, 0.717) is 5.41 Å². The van der Waals surface area contributed by atoms with Crippen molar-refractivity contribution >= 4 is 11.6 Å². The number of hydrogen-bond acceptors (Lipinski definition) is 0. The minimum atomic E-state index is 0.486. The Hall–Kier alpha value is 0.290. The maximum atomic E-state index is 5.62. The molecular formula is C11H23Cl. The number of alkyl halides is 1. The standard InChI is InChI=1S/C11H23Cl/c1-10(7-5-6-8-12)9-11(2,3)4/h10H,5-9H2,1-4H3/t10-/m0/s1. The minimum Gasteiger partial charge on any atom is -0.127 e.